The Labute approximate surface area is 50.2 Å². The van der Waals surface area contributed by atoms with Crippen LogP contribution in [-0.4, -0.2) is 27.9 Å². The fraction of sp³-hybridized carbons (Fsp3) is 0. The third kappa shape index (κ3) is 58.5. The first-order valence-corrected chi connectivity index (χ1v) is 1.43. The Morgan fingerprint density at radius 1 is 1.00 bits per heavy atom. The number of carboxylic acid groups (broad SMARTS) is 2. The summed E-state index contributed by atoms with van der Waals surface area (Å²) in [4.78, 5) is 17.6. The van der Waals surface area contributed by atoms with Gasteiger partial charge < -0.3 is 27.2 Å². The van der Waals surface area contributed by atoms with Gasteiger partial charge in [-0.25, -0.2) is 9.59 Å². The standard InChI is InChI=1S/2CH3NO2.H2O/c2*2-1(3)4;/h2*2H2,(H,3,4);1H2. The molecule has 9 heavy (non-hydrogen) atoms. The number of carbonyl (C=O) groups is 2. The van der Waals surface area contributed by atoms with Crippen molar-refractivity contribution >= 4 is 12.2 Å². The van der Waals surface area contributed by atoms with Crippen molar-refractivity contribution in [1.29, 1.82) is 0 Å². The van der Waals surface area contributed by atoms with Gasteiger partial charge in [-0.05, 0) is 0 Å². The first-order valence-electron chi connectivity index (χ1n) is 1.43. The summed E-state index contributed by atoms with van der Waals surface area (Å²) in [6, 6.07) is 0. The van der Waals surface area contributed by atoms with Crippen LogP contribution in [0.1, 0.15) is 0 Å². The second kappa shape index (κ2) is 9.71. The van der Waals surface area contributed by atoms with E-state index in [1.165, 1.54) is 0 Å². The van der Waals surface area contributed by atoms with Crippen LogP contribution in [0.4, 0.5) is 9.59 Å². The highest BCUT2D eigenvalue weighted by Crippen LogP contribution is 1.35. The normalized spacial score (nSPS) is 5.33. The van der Waals surface area contributed by atoms with E-state index in [4.69, 9.17) is 19.8 Å². The number of rotatable bonds is 0. The van der Waals surface area contributed by atoms with Crippen molar-refractivity contribution in [2.45, 2.75) is 0 Å². The third-order valence-corrected chi connectivity index (χ3v) is 0. The van der Waals surface area contributed by atoms with Crippen LogP contribution in [-0.2, 0) is 0 Å². The average Bonchev–Trinajstić information content (AvgIpc) is 1.25. The van der Waals surface area contributed by atoms with Gasteiger partial charge in [0.25, 0.3) is 0 Å². The number of primary amides is 2. The molecule has 0 aliphatic carbocycles. The lowest BCUT2D eigenvalue weighted by atomic mass is 11.3. The van der Waals surface area contributed by atoms with Gasteiger partial charge in [-0.2, -0.15) is 0 Å². The molecule has 0 aromatic heterocycles. The maximum absolute atomic E-state index is 8.78. The molecule has 0 aliphatic rings. The largest absolute Gasteiger partial charge is 0.465 e. The summed E-state index contributed by atoms with van der Waals surface area (Å²) >= 11 is 0. The summed E-state index contributed by atoms with van der Waals surface area (Å²) in [5.41, 5.74) is 8.06. The van der Waals surface area contributed by atoms with Crippen LogP contribution in [0.3, 0.4) is 0 Å². The molecular formula is C2H8N2O5. The number of nitrogens with two attached hydrogens (primary N) is 2. The Morgan fingerprint density at radius 3 is 1.00 bits per heavy atom. The van der Waals surface area contributed by atoms with E-state index < -0.39 is 12.2 Å². The molecular weight excluding hydrogens is 132 g/mol. The highest BCUT2D eigenvalue weighted by atomic mass is 16.4. The van der Waals surface area contributed by atoms with Crippen molar-refractivity contribution in [2.75, 3.05) is 0 Å². The summed E-state index contributed by atoms with van der Waals surface area (Å²) in [6.45, 7) is 0. The van der Waals surface area contributed by atoms with Crippen molar-refractivity contribution < 1.29 is 25.3 Å². The Bertz CT molecular complexity index is 71.0. The molecule has 0 heterocycles. The fourth-order valence-electron chi connectivity index (χ4n) is 0. The van der Waals surface area contributed by atoms with E-state index in [2.05, 4.69) is 11.5 Å². The van der Waals surface area contributed by atoms with Crippen LogP contribution in [0.5, 0.6) is 0 Å². The summed E-state index contributed by atoms with van der Waals surface area (Å²) in [5.74, 6) is 0. The molecule has 0 aromatic rings. The van der Waals surface area contributed by atoms with Gasteiger partial charge in [0.2, 0.25) is 0 Å². The highest BCUT2D eigenvalue weighted by molar-refractivity contribution is 5.61. The molecule has 7 nitrogen and oxygen atoms in total. The average molecular weight is 140 g/mol. The molecule has 0 atom stereocenters. The van der Waals surface area contributed by atoms with Gasteiger partial charge in [0.15, 0.2) is 0 Å². The minimum absolute atomic E-state index is 0. The van der Waals surface area contributed by atoms with Crippen LogP contribution < -0.4 is 11.5 Å². The topological polar surface area (TPSA) is 158 Å². The number of amides is 2. The molecule has 0 bridgehead atoms. The van der Waals surface area contributed by atoms with E-state index in [1.54, 1.807) is 0 Å². The molecule has 56 valence electrons. The van der Waals surface area contributed by atoms with E-state index in [9.17, 15) is 0 Å². The number of hydrogen-bond acceptors (Lipinski definition) is 2. The molecule has 0 saturated carbocycles. The molecule has 0 fully saturated rings. The first-order chi connectivity index (χ1) is 3.46. The van der Waals surface area contributed by atoms with Crippen molar-refractivity contribution in [3.8, 4) is 0 Å². The molecule has 0 saturated heterocycles. The Balaban J connectivity index is -0.0000000720. The van der Waals surface area contributed by atoms with Crippen molar-refractivity contribution in [2.24, 2.45) is 11.5 Å². The molecule has 0 rings (SSSR count). The molecule has 8 N–H and O–H groups in total. The van der Waals surface area contributed by atoms with Crippen molar-refractivity contribution in [1.82, 2.24) is 0 Å². The van der Waals surface area contributed by atoms with E-state index in [1.807, 2.05) is 0 Å². The van der Waals surface area contributed by atoms with Crippen LogP contribution in [0.25, 0.3) is 0 Å². The monoisotopic (exact) mass is 140 g/mol. The van der Waals surface area contributed by atoms with E-state index in [0.29, 0.717) is 0 Å². The zero-order valence-corrected chi connectivity index (χ0v) is 4.37. The van der Waals surface area contributed by atoms with Gasteiger partial charge in [0.05, 0.1) is 0 Å². The predicted octanol–water partition coefficient (Wildman–Crippen LogP) is -1.58. The summed E-state index contributed by atoms with van der Waals surface area (Å²) < 4.78 is 0. The van der Waals surface area contributed by atoms with E-state index in [-0.39, 0.29) is 5.48 Å². The molecule has 0 unspecified atom stereocenters. The molecule has 7 heteroatoms. The molecule has 0 aliphatic heterocycles. The van der Waals surface area contributed by atoms with Gasteiger partial charge in [-0.15, -0.1) is 0 Å². The molecule has 0 spiro atoms. The van der Waals surface area contributed by atoms with E-state index in [0.717, 1.165) is 0 Å². The quantitative estimate of drug-likeness (QED) is 0.320. The first kappa shape index (κ1) is 15.6. The second-order valence-corrected chi connectivity index (χ2v) is 0.676. The Hall–Kier alpha value is -1.50. The van der Waals surface area contributed by atoms with Gasteiger partial charge >= 0.3 is 12.2 Å². The fourth-order valence-corrected chi connectivity index (χ4v) is 0. The summed E-state index contributed by atoms with van der Waals surface area (Å²) in [6.07, 6.45) is -2.67. The maximum atomic E-state index is 8.78. The van der Waals surface area contributed by atoms with Gasteiger partial charge in [-0.1, -0.05) is 0 Å². The Morgan fingerprint density at radius 2 is 1.00 bits per heavy atom. The summed E-state index contributed by atoms with van der Waals surface area (Å²) in [5, 5.41) is 14.4. The minimum atomic E-state index is -1.33. The third-order valence-electron chi connectivity index (χ3n) is 0. The minimum Gasteiger partial charge on any atom is -0.465 e. The van der Waals surface area contributed by atoms with Crippen LogP contribution in [0.2, 0.25) is 0 Å². The van der Waals surface area contributed by atoms with Crippen molar-refractivity contribution in [3.05, 3.63) is 0 Å². The van der Waals surface area contributed by atoms with Gasteiger partial charge in [-0.3, -0.25) is 0 Å². The SMILES string of the molecule is NC(=O)O.NC(=O)O.O. The lowest BCUT2D eigenvalue weighted by molar-refractivity contribution is 0.204. The molecule has 0 radical (unpaired) electrons. The van der Waals surface area contributed by atoms with E-state index >= 15 is 0 Å². The Kier molecular flexibility index (Phi) is 16.9. The number of hydrogen-bond donors (Lipinski definition) is 4. The van der Waals surface area contributed by atoms with Crippen molar-refractivity contribution in [3.63, 3.8) is 0 Å². The lowest BCUT2D eigenvalue weighted by Gasteiger charge is -1.61. The highest BCUT2D eigenvalue weighted by Gasteiger charge is 1.65. The molecule has 2 amide bonds. The van der Waals surface area contributed by atoms with Crippen LogP contribution >= 0.6 is 0 Å². The maximum Gasteiger partial charge on any atom is 0.402 e. The lowest BCUT2D eigenvalue weighted by Crippen LogP contribution is -2.03. The zero-order chi connectivity index (χ0) is 7.15. The molecule has 0 aromatic carbocycles. The zero-order valence-electron chi connectivity index (χ0n) is 4.37. The predicted molar refractivity (Wildman–Crippen MR) is 28.0 cm³/mol. The summed E-state index contributed by atoms with van der Waals surface area (Å²) in [7, 11) is 0. The second-order valence-electron chi connectivity index (χ2n) is 0.676. The van der Waals surface area contributed by atoms with Gasteiger partial charge in [0.1, 0.15) is 0 Å². The van der Waals surface area contributed by atoms with Crippen LogP contribution in [0.15, 0.2) is 0 Å². The smallest absolute Gasteiger partial charge is 0.402 e. The van der Waals surface area contributed by atoms with Crippen LogP contribution in [0, 0.1) is 0 Å². The van der Waals surface area contributed by atoms with Gasteiger partial charge in [0, 0.05) is 0 Å².